The lowest BCUT2D eigenvalue weighted by atomic mass is 9.85. The van der Waals surface area contributed by atoms with E-state index >= 15 is 8.78 Å². The summed E-state index contributed by atoms with van der Waals surface area (Å²) in [5, 5.41) is 6.23. The third kappa shape index (κ3) is 9.28. The molecule has 0 bridgehead atoms. The van der Waals surface area contributed by atoms with Gasteiger partial charge in [0.05, 0.1) is 16.8 Å². The smallest absolute Gasteiger partial charge is 0.257 e. The van der Waals surface area contributed by atoms with E-state index < -0.39 is 23.2 Å². The second kappa shape index (κ2) is 19.7. The van der Waals surface area contributed by atoms with Gasteiger partial charge in [-0.15, -0.1) is 0 Å². The monoisotopic (exact) mass is 997 g/mol. The number of pyridine rings is 2. The zero-order chi connectivity index (χ0) is 51.6. The molecule has 8 heterocycles. The molecule has 0 saturated carbocycles. The maximum atomic E-state index is 16.2. The summed E-state index contributed by atoms with van der Waals surface area (Å²) in [6.07, 6.45) is 8.29. The lowest BCUT2D eigenvalue weighted by Crippen LogP contribution is -2.55. The molecule has 15 nitrogen and oxygen atoms in total. The Morgan fingerprint density at radius 2 is 1.71 bits per heavy atom. The molecule has 5 aromatic rings. The van der Waals surface area contributed by atoms with Gasteiger partial charge < -0.3 is 14.8 Å². The Morgan fingerprint density at radius 1 is 0.932 bits per heavy atom. The van der Waals surface area contributed by atoms with E-state index in [-0.39, 0.29) is 54.0 Å². The van der Waals surface area contributed by atoms with Crippen molar-refractivity contribution in [3.63, 3.8) is 0 Å². The Balaban J connectivity index is 0.722. The molecule has 3 fully saturated rings. The second-order valence-corrected chi connectivity index (χ2v) is 21.4. The van der Waals surface area contributed by atoms with Crippen molar-refractivity contribution in [1.29, 1.82) is 0 Å². The Labute approximate surface area is 424 Å². The van der Waals surface area contributed by atoms with Gasteiger partial charge in [-0.25, -0.2) is 13.8 Å². The minimum absolute atomic E-state index is 0.0183. The van der Waals surface area contributed by atoms with Gasteiger partial charge in [0.25, 0.3) is 11.5 Å². The fourth-order valence-electron chi connectivity index (χ4n) is 12.1. The van der Waals surface area contributed by atoms with Gasteiger partial charge in [0.2, 0.25) is 17.7 Å². The van der Waals surface area contributed by atoms with Crippen molar-refractivity contribution in [3.8, 4) is 5.69 Å². The summed E-state index contributed by atoms with van der Waals surface area (Å²) >= 11 is 0. The number of aryl methyl sites for hydroxylation is 2. The van der Waals surface area contributed by atoms with Crippen LogP contribution in [0.15, 0.2) is 71.8 Å². The van der Waals surface area contributed by atoms with Crippen LogP contribution < -0.4 is 21.1 Å². The minimum Gasteiger partial charge on any atom is -0.388 e. The number of hydrogen-bond acceptors (Lipinski definition) is 10. The van der Waals surface area contributed by atoms with Gasteiger partial charge in [0, 0.05) is 143 Å². The molecule has 0 aliphatic carbocycles. The van der Waals surface area contributed by atoms with Gasteiger partial charge in [-0.3, -0.25) is 53.5 Å². The summed E-state index contributed by atoms with van der Waals surface area (Å²) in [5.74, 6) is -1.72. The third-order valence-corrected chi connectivity index (χ3v) is 16.5. The molecule has 10 rings (SSSR count). The maximum absolute atomic E-state index is 16.2. The SMILES string of the molecule is CNc1ccn(-c2ccnc3c2cc([C@H](C)N2CC=C(c4c(C)cc(C(=O)N5CCC(CN6CCN(Cc7cc8c(cc7F)N([C@H]7CCC(=O)NC7=O)C(=O)C8(C)C)C[C@@H]6C)CC5)cc4F)CC2)n3C)c(=O)c1. The number of likely N-dealkylation sites (tertiary alicyclic amines) is 1. The molecule has 17 heteroatoms. The number of hydrogen-bond donors (Lipinski definition) is 2. The summed E-state index contributed by atoms with van der Waals surface area (Å²) in [6.45, 7) is 16.0. The highest BCUT2D eigenvalue weighted by molar-refractivity contribution is 6.13. The Hall–Kier alpha value is -6.56. The molecule has 3 aromatic heterocycles. The highest BCUT2D eigenvalue weighted by atomic mass is 19.1. The van der Waals surface area contributed by atoms with E-state index in [1.165, 1.54) is 17.0 Å². The molecular formula is C56H66F2N10O5. The predicted octanol–water partition coefficient (Wildman–Crippen LogP) is 6.69. The Morgan fingerprint density at radius 3 is 2.40 bits per heavy atom. The average Bonchev–Trinajstić information content (AvgIpc) is 3.81. The molecule has 4 amide bonds. The first kappa shape index (κ1) is 50.0. The zero-order valence-corrected chi connectivity index (χ0v) is 42.9. The summed E-state index contributed by atoms with van der Waals surface area (Å²) in [5.41, 5.74) is 6.49. The summed E-state index contributed by atoms with van der Waals surface area (Å²) in [6, 6.07) is 13.2. The number of nitrogens with one attached hydrogen (secondary N) is 2. The summed E-state index contributed by atoms with van der Waals surface area (Å²) in [4.78, 5) is 80.2. The van der Waals surface area contributed by atoms with Crippen LogP contribution in [0.1, 0.15) is 104 Å². The number of amides is 4. The molecular weight excluding hydrogens is 931 g/mol. The summed E-state index contributed by atoms with van der Waals surface area (Å²) < 4.78 is 35.8. The first-order valence-corrected chi connectivity index (χ1v) is 25.8. The molecule has 3 saturated heterocycles. The van der Waals surface area contributed by atoms with Crippen molar-refractivity contribution in [1.82, 2.24) is 39.0 Å². The maximum Gasteiger partial charge on any atom is 0.257 e. The highest BCUT2D eigenvalue weighted by Crippen LogP contribution is 2.45. The van der Waals surface area contributed by atoms with E-state index in [4.69, 9.17) is 0 Å². The number of imide groups is 1. The van der Waals surface area contributed by atoms with Crippen molar-refractivity contribution in [2.45, 2.75) is 96.8 Å². The molecule has 3 atom stereocenters. The minimum atomic E-state index is -0.956. The van der Waals surface area contributed by atoms with Crippen LogP contribution >= 0.6 is 0 Å². The van der Waals surface area contributed by atoms with Crippen LogP contribution in [-0.4, -0.2) is 129 Å². The quantitative estimate of drug-likeness (QED) is 0.137. The number of halogens is 2. The van der Waals surface area contributed by atoms with E-state index in [2.05, 4.69) is 60.9 Å². The molecule has 5 aliphatic heterocycles. The topological polar surface area (TPSA) is 148 Å². The molecule has 5 aliphatic rings. The number of anilines is 2. The van der Waals surface area contributed by atoms with Crippen molar-refractivity contribution >= 4 is 51.6 Å². The van der Waals surface area contributed by atoms with Crippen LogP contribution in [0.25, 0.3) is 22.3 Å². The predicted molar refractivity (Wildman–Crippen MR) is 278 cm³/mol. The zero-order valence-electron chi connectivity index (χ0n) is 42.9. The first-order chi connectivity index (χ1) is 34.9. The molecule has 384 valence electrons. The van der Waals surface area contributed by atoms with Crippen molar-refractivity contribution in [2.24, 2.45) is 13.0 Å². The number of carbonyl (C=O) groups is 4. The second-order valence-electron chi connectivity index (χ2n) is 21.4. The van der Waals surface area contributed by atoms with Crippen LogP contribution in [0.3, 0.4) is 0 Å². The number of piperazine rings is 1. The van der Waals surface area contributed by atoms with Crippen molar-refractivity contribution < 1.29 is 28.0 Å². The van der Waals surface area contributed by atoms with Crippen molar-refractivity contribution in [3.05, 3.63) is 123 Å². The number of aromatic nitrogens is 3. The van der Waals surface area contributed by atoms with Gasteiger partial charge in [0.15, 0.2) is 0 Å². The van der Waals surface area contributed by atoms with Crippen molar-refractivity contribution in [2.75, 3.05) is 69.6 Å². The fourth-order valence-corrected chi connectivity index (χ4v) is 12.1. The highest BCUT2D eigenvalue weighted by Gasteiger charge is 2.49. The molecule has 2 N–H and O–H groups in total. The number of fused-ring (bicyclic) bond motifs is 2. The molecule has 0 unspecified atom stereocenters. The fraction of sp³-hybridized carbons (Fsp3) is 0.464. The van der Waals surface area contributed by atoms with Crippen LogP contribution in [0.5, 0.6) is 0 Å². The third-order valence-electron chi connectivity index (χ3n) is 16.5. The number of nitrogens with zero attached hydrogens (tertiary/aromatic N) is 8. The van der Waals surface area contributed by atoms with Gasteiger partial charge in [-0.05, 0) is 125 Å². The van der Waals surface area contributed by atoms with Gasteiger partial charge in [-0.2, -0.15) is 0 Å². The molecule has 73 heavy (non-hydrogen) atoms. The van der Waals surface area contributed by atoms with E-state index in [9.17, 15) is 24.0 Å². The van der Waals surface area contributed by atoms with Crippen LogP contribution in [0.2, 0.25) is 0 Å². The normalized spacial score (nSPS) is 21.7. The van der Waals surface area contributed by atoms with E-state index in [1.54, 1.807) is 50.0 Å². The Bertz CT molecular complexity index is 3110. The van der Waals surface area contributed by atoms with E-state index in [0.29, 0.717) is 66.5 Å². The van der Waals surface area contributed by atoms with E-state index in [0.717, 1.165) is 84.8 Å². The van der Waals surface area contributed by atoms with Gasteiger partial charge in [0.1, 0.15) is 23.3 Å². The lowest BCUT2D eigenvalue weighted by Gasteiger charge is -2.42. The molecule has 0 spiro atoms. The van der Waals surface area contributed by atoms with Gasteiger partial charge in [-0.1, -0.05) is 6.08 Å². The van der Waals surface area contributed by atoms with E-state index in [1.807, 2.05) is 37.1 Å². The summed E-state index contributed by atoms with van der Waals surface area (Å²) in [7, 11) is 3.78. The number of carbonyl (C=O) groups excluding carboxylic acids is 4. The van der Waals surface area contributed by atoms with Gasteiger partial charge >= 0.3 is 0 Å². The first-order valence-electron chi connectivity index (χ1n) is 25.8. The largest absolute Gasteiger partial charge is 0.388 e. The molecule has 0 radical (unpaired) electrons. The Kier molecular flexibility index (Phi) is 13.5. The molecule has 2 aromatic carbocycles. The van der Waals surface area contributed by atoms with Crippen LogP contribution in [0.4, 0.5) is 20.2 Å². The van der Waals surface area contributed by atoms with Crippen LogP contribution in [-0.2, 0) is 33.4 Å². The number of piperidine rings is 2. The van der Waals surface area contributed by atoms with Crippen LogP contribution in [0, 0.1) is 24.5 Å². The average molecular weight is 997 g/mol. The lowest BCUT2D eigenvalue weighted by molar-refractivity contribution is -0.136. The number of rotatable bonds is 11. The standard InChI is InChI=1S/C56H66F2N10O5/c1-33-24-38(26-44(58)51(33)37-13-19-64(20-14-37)35(3)47-28-41-45(10-16-60-52(41)62(47)7)67-21-15-40(59-6)27-50(67)70)54(72)65-17-11-36(12-18-65)31-66-23-22-63(30-34(66)2)32-39-25-42-48(29-43(39)57)68(55(73)56(42,4)5)46-8-9-49(69)61-53(46)71/h10,13,15-16,21,24-29,34-36,46,59H,8-9,11-12,14,17-20,22-23,30-32H2,1-7H3,(H,61,69,71)/t34-,35-,46-/m0/s1. The number of benzene rings is 2.